The summed E-state index contributed by atoms with van der Waals surface area (Å²) in [4.78, 5) is 13.3. The van der Waals surface area contributed by atoms with Gasteiger partial charge in [0.15, 0.2) is 0 Å². The lowest BCUT2D eigenvalue weighted by Gasteiger charge is -2.23. The van der Waals surface area contributed by atoms with Crippen molar-refractivity contribution in [2.24, 2.45) is 7.05 Å². The molecular formula is C10H14FN3O2. The number of hydrogen-bond donors (Lipinski definition) is 0. The molecular weight excluding hydrogens is 213 g/mol. The van der Waals surface area contributed by atoms with Crippen molar-refractivity contribution in [1.82, 2.24) is 14.7 Å². The molecule has 0 spiro atoms. The van der Waals surface area contributed by atoms with E-state index in [0.29, 0.717) is 5.69 Å². The zero-order valence-corrected chi connectivity index (χ0v) is 9.26. The van der Waals surface area contributed by atoms with Crippen molar-refractivity contribution in [2.75, 3.05) is 20.3 Å². The van der Waals surface area contributed by atoms with Crippen LogP contribution in [0, 0.1) is 0 Å². The van der Waals surface area contributed by atoms with Gasteiger partial charge in [0.25, 0.3) is 5.91 Å². The van der Waals surface area contributed by atoms with Crippen molar-refractivity contribution < 1.29 is 13.9 Å². The number of carbonyl (C=O) groups is 1. The molecule has 0 radical (unpaired) electrons. The van der Waals surface area contributed by atoms with E-state index in [1.807, 2.05) is 0 Å². The van der Waals surface area contributed by atoms with Crippen LogP contribution in [-0.4, -0.2) is 53.1 Å². The molecule has 1 aliphatic rings. The molecule has 1 aromatic rings. The normalized spacial score (nSPS) is 24.7. The number of alkyl halides is 1. The van der Waals surface area contributed by atoms with Gasteiger partial charge in [0.1, 0.15) is 11.9 Å². The van der Waals surface area contributed by atoms with Crippen LogP contribution >= 0.6 is 0 Å². The Morgan fingerprint density at radius 1 is 1.69 bits per heavy atom. The number of rotatable bonds is 2. The number of nitrogens with zero attached hydrogens (tertiary/aromatic N) is 3. The Morgan fingerprint density at radius 3 is 2.94 bits per heavy atom. The van der Waals surface area contributed by atoms with Gasteiger partial charge in [0.2, 0.25) is 0 Å². The van der Waals surface area contributed by atoms with Gasteiger partial charge in [-0.05, 0) is 6.07 Å². The van der Waals surface area contributed by atoms with Crippen molar-refractivity contribution in [1.29, 1.82) is 0 Å². The van der Waals surface area contributed by atoms with Gasteiger partial charge in [-0.15, -0.1) is 0 Å². The highest BCUT2D eigenvalue weighted by Crippen LogP contribution is 2.16. The van der Waals surface area contributed by atoms with E-state index in [2.05, 4.69) is 5.10 Å². The topological polar surface area (TPSA) is 47.4 Å². The molecule has 1 amide bonds. The first-order valence-electron chi connectivity index (χ1n) is 5.08. The summed E-state index contributed by atoms with van der Waals surface area (Å²) in [6.45, 7) is 0.306. The summed E-state index contributed by atoms with van der Waals surface area (Å²) in [5.41, 5.74) is 0.323. The molecule has 2 rings (SSSR count). The zero-order valence-electron chi connectivity index (χ0n) is 9.26. The number of likely N-dealkylation sites (N-methyl/N-ethyl adjacent to an activating group) is 1. The second kappa shape index (κ2) is 4.21. The quantitative estimate of drug-likeness (QED) is 0.726. The maximum absolute atomic E-state index is 13.4. The second-order valence-electron chi connectivity index (χ2n) is 3.91. The standard InChI is InChI=1S/C10H14FN3O2/c1-13-4-3-8(12-13)10(15)14(2)9-6-16-5-7(9)11/h3-4,7,9H,5-6H2,1-2H3/t7-,9-/m1/s1. The molecule has 0 aromatic carbocycles. The lowest BCUT2D eigenvalue weighted by atomic mass is 10.2. The van der Waals surface area contributed by atoms with Crippen LogP contribution in [0.5, 0.6) is 0 Å². The number of halogens is 1. The fourth-order valence-electron chi connectivity index (χ4n) is 1.73. The Kier molecular flexibility index (Phi) is 2.91. The second-order valence-corrected chi connectivity index (χ2v) is 3.91. The van der Waals surface area contributed by atoms with Crippen LogP contribution < -0.4 is 0 Å². The monoisotopic (exact) mass is 227 g/mol. The molecule has 0 N–H and O–H groups in total. The smallest absolute Gasteiger partial charge is 0.274 e. The first kappa shape index (κ1) is 11.1. The van der Waals surface area contributed by atoms with E-state index in [1.54, 1.807) is 31.0 Å². The number of aryl methyl sites for hydroxylation is 1. The van der Waals surface area contributed by atoms with Crippen molar-refractivity contribution in [2.45, 2.75) is 12.2 Å². The van der Waals surface area contributed by atoms with E-state index in [9.17, 15) is 9.18 Å². The fraction of sp³-hybridized carbons (Fsp3) is 0.600. The first-order chi connectivity index (χ1) is 7.59. The van der Waals surface area contributed by atoms with Crippen LogP contribution in [0.15, 0.2) is 12.3 Å². The lowest BCUT2D eigenvalue weighted by molar-refractivity contribution is 0.0665. The van der Waals surface area contributed by atoms with E-state index >= 15 is 0 Å². The van der Waals surface area contributed by atoms with Gasteiger partial charge in [0.05, 0.1) is 19.3 Å². The van der Waals surface area contributed by atoms with Crippen molar-refractivity contribution in [3.8, 4) is 0 Å². The van der Waals surface area contributed by atoms with Crippen LogP contribution in [0.25, 0.3) is 0 Å². The summed E-state index contributed by atoms with van der Waals surface area (Å²) < 4.78 is 19.9. The molecule has 2 heterocycles. The molecule has 6 heteroatoms. The summed E-state index contributed by atoms with van der Waals surface area (Å²) in [7, 11) is 3.30. The van der Waals surface area contributed by atoms with Crippen LogP contribution in [0.2, 0.25) is 0 Å². The summed E-state index contributed by atoms with van der Waals surface area (Å²) in [5, 5.41) is 3.99. The fourth-order valence-corrected chi connectivity index (χ4v) is 1.73. The van der Waals surface area contributed by atoms with Crippen molar-refractivity contribution in [3.63, 3.8) is 0 Å². The van der Waals surface area contributed by atoms with E-state index in [0.717, 1.165) is 0 Å². The lowest BCUT2D eigenvalue weighted by Crippen LogP contribution is -2.42. The molecule has 0 unspecified atom stereocenters. The number of hydrogen-bond acceptors (Lipinski definition) is 3. The summed E-state index contributed by atoms with van der Waals surface area (Å²) in [6.07, 6.45) is 0.566. The molecule has 1 aromatic heterocycles. The van der Waals surface area contributed by atoms with Crippen LogP contribution in [0.1, 0.15) is 10.5 Å². The van der Waals surface area contributed by atoms with Crippen molar-refractivity contribution in [3.05, 3.63) is 18.0 Å². The van der Waals surface area contributed by atoms with Gasteiger partial charge in [-0.3, -0.25) is 9.48 Å². The maximum atomic E-state index is 13.4. The van der Waals surface area contributed by atoms with Gasteiger partial charge in [-0.2, -0.15) is 5.10 Å². The maximum Gasteiger partial charge on any atom is 0.274 e. The molecule has 16 heavy (non-hydrogen) atoms. The summed E-state index contributed by atoms with van der Waals surface area (Å²) in [6, 6.07) is 1.11. The molecule has 0 bridgehead atoms. The largest absolute Gasteiger partial charge is 0.376 e. The predicted molar refractivity (Wildman–Crippen MR) is 54.8 cm³/mol. The third kappa shape index (κ3) is 1.92. The SMILES string of the molecule is CN(C(=O)c1ccn(C)n1)[C@@H]1COC[C@H]1F. The Bertz CT molecular complexity index is 393. The molecule has 0 aliphatic carbocycles. The molecule has 2 atom stereocenters. The first-order valence-corrected chi connectivity index (χ1v) is 5.08. The Morgan fingerprint density at radius 2 is 2.44 bits per heavy atom. The van der Waals surface area contributed by atoms with E-state index in [4.69, 9.17) is 4.74 Å². The van der Waals surface area contributed by atoms with Crippen LogP contribution in [0.3, 0.4) is 0 Å². The van der Waals surface area contributed by atoms with Crippen LogP contribution in [0.4, 0.5) is 4.39 Å². The Hall–Kier alpha value is -1.43. The average Bonchev–Trinajstić information content (AvgIpc) is 2.85. The van der Waals surface area contributed by atoms with E-state index in [1.165, 1.54) is 4.90 Å². The highest BCUT2D eigenvalue weighted by Gasteiger charge is 2.34. The number of aromatic nitrogens is 2. The minimum atomic E-state index is -1.11. The zero-order chi connectivity index (χ0) is 11.7. The van der Waals surface area contributed by atoms with Gasteiger partial charge >= 0.3 is 0 Å². The Labute approximate surface area is 92.8 Å². The molecule has 1 aliphatic heterocycles. The molecule has 1 saturated heterocycles. The van der Waals surface area contributed by atoms with Gasteiger partial charge in [-0.25, -0.2) is 4.39 Å². The summed E-state index contributed by atoms with van der Waals surface area (Å²) in [5.74, 6) is -0.279. The minimum Gasteiger partial charge on any atom is -0.376 e. The molecule has 1 fully saturated rings. The third-order valence-electron chi connectivity index (χ3n) is 2.73. The molecule has 0 saturated carbocycles. The molecule has 88 valence electrons. The number of carbonyl (C=O) groups excluding carboxylic acids is 1. The third-order valence-corrected chi connectivity index (χ3v) is 2.73. The number of amides is 1. The highest BCUT2D eigenvalue weighted by atomic mass is 19.1. The summed E-state index contributed by atoms with van der Waals surface area (Å²) >= 11 is 0. The Balaban J connectivity index is 2.10. The van der Waals surface area contributed by atoms with Crippen molar-refractivity contribution >= 4 is 5.91 Å². The van der Waals surface area contributed by atoms with Gasteiger partial charge < -0.3 is 9.64 Å². The average molecular weight is 227 g/mol. The van der Waals surface area contributed by atoms with Gasteiger partial charge in [-0.1, -0.05) is 0 Å². The predicted octanol–water partition coefficient (Wildman–Crippen LogP) is 0.229. The minimum absolute atomic E-state index is 0.0600. The number of ether oxygens (including phenoxy) is 1. The van der Waals surface area contributed by atoms with Gasteiger partial charge in [0, 0.05) is 20.3 Å². The highest BCUT2D eigenvalue weighted by molar-refractivity contribution is 5.92. The van der Waals surface area contributed by atoms with Crippen LogP contribution in [-0.2, 0) is 11.8 Å². The van der Waals surface area contributed by atoms with E-state index < -0.39 is 12.2 Å². The van der Waals surface area contributed by atoms with E-state index in [-0.39, 0.29) is 19.1 Å². The molecule has 5 nitrogen and oxygen atoms in total.